The van der Waals surface area contributed by atoms with Gasteiger partial charge in [0.15, 0.2) is 0 Å². The summed E-state index contributed by atoms with van der Waals surface area (Å²) in [5.41, 5.74) is 6.70. The van der Waals surface area contributed by atoms with Gasteiger partial charge in [-0.25, -0.2) is 4.39 Å². The number of halogens is 1. The van der Waals surface area contributed by atoms with Gasteiger partial charge >= 0.3 is 0 Å². The first-order chi connectivity index (χ1) is 10.1. The van der Waals surface area contributed by atoms with E-state index in [1.165, 1.54) is 17.0 Å². The SMILES string of the molecule is N#CCCN(C(=O)c1cc(F)ccc1N)c1ccccc1. The molecule has 2 N–H and O–H groups in total. The van der Waals surface area contributed by atoms with E-state index in [1.54, 1.807) is 24.3 Å². The Morgan fingerprint density at radius 3 is 2.62 bits per heavy atom. The molecule has 0 atom stereocenters. The van der Waals surface area contributed by atoms with Gasteiger partial charge in [-0.2, -0.15) is 5.26 Å². The molecule has 2 aromatic carbocycles. The molecule has 0 bridgehead atoms. The molecule has 21 heavy (non-hydrogen) atoms. The average Bonchev–Trinajstić information content (AvgIpc) is 2.51. The molecule has 0 aliphatic rings. The van der Waals surface area contributed by atoms with Crippen LogP contribution in [-0.4, -0.2) is 12.5 Å². The van der Waals surface area contributed by atoms with E-state index in [1.807, 2.05) is 12.1 Å². The average molecular weight is 283 g/mol. The van der Waals surface area contributed by atoms with E-state index < -0.39 is 11.7 Å². The Morgan fingerprint density at radius 1 is 1.24 bits per heavy atom. The predicted octanol–water partition coefficient (Wildman–Crippen LogP) is 2.97. The maximum atomic E-state index is 13.3. The number of anilines is 2. The standard InChI is InChI=1S/C16H14FN3O/c17-12-7-8-15(19)14(11-12)16(21)20(10-4-9-18)13-5-2-1-3-6-13/h1-3,5-8,11H,4,10,19H2. The normalized spacial score (nSPS) is 9.90. The van der Waals surface area contributed by atoms with E-state index in [0.29, 0.717) is 5.69 Å². The van der Waals surface area contributed by atoms with Crippen LogP contribution >= 0.6 is 0 Å². The fourth-order valence-corrected chi connectivity index (χ4v) is 1.98. The maximum Gasteiger partial charge on any atom is 0.260 e. The first kappa shape index (κ1) is 14.5. The zero-order valence-corrected chi connectivity index (χ0v) is 11.3. The highest BCUT2D eigenvalue weighted by atomic mass is 19.1. The van der Waals surface area contributed by atoms with Gasteiger partial charge in [0, 0.05) is 17.9 Å². The highest BCUT2D eigenvalue weighted by Crippen LogP contribution is 2.21. The number of amides is 1. The number of benzene rings is 2. The molecule has 4 nitrogen and oxygen atoms in total. The van der Waals surface area contributed by atoms with Crippen LogP contribution in [0, 0.1) is 17.1 Å². The molecule has 0 spiro atoms. The van der Waals surface area contributed by atoms with E-state index in [4.69, 9.17) is 11.0 Å². The molecule has 0 aromatic heterocycles. The fourth-order valence-electron chi connectivity index (χ4n) is 1.98. The topological polar surface area (TPSA) is 70.1 Å². The third-order valence-corrected chi connectivity index (χ3v) is 3.01. The molecule has 2 aromatic rings. The minimum absolute atomic E-state index is 0.0943. The summed E-state index contributed by atoms with van der Waals surface area (Å²) in [4.78, 5) is 14.0. The van der Waals surface area contributed by atoms with Crippen molar-refractivity contribution in [2.75, 3.05) is 17.2 Å². The molecule has 2 rings (SSSR count). The third kappa shape index (κ3) is 3.37. The number of nitrogens with two attached hydrogens (primary N) is 1. The van der Waals surface area contributed by atoms with E-state index in [2.05, 4.69) is 0 Å². The monoisotopic (exact) mass is 283 g/mol. The van der Waals surface area contributed by atoms with Gasteiger partial charge in [-0.05, 0) is 30.3 Å². The van der Waals surface area contributed by atoms with Crippen LogP contribution in [0.2, 0.25) is 0 Å². The number of carbonyl (C=O) groups is 1. The Bertz CT molecular complexity index is 680. The maximum absolute atomic E-state index is 13.3. The number of para-hydroxylation sites is 1. The molecule has 0 radical (unpaired) electrons. The quantitative estimate of drug-likeness (QED) is 0.877. The fraction of sp³-hybridized carbons (Fsp3) is 0.125. The summed E-state index contributed by atoms with van der Waals surface area (Å²) in [7, 11) is 0. The van der Waals surface area contributed by atoms with Gasteiger partial charge in [-0.3, -0.25) is 4.79 Å². The predicted molar refractivity (Wildman–Crippen MR) is 79.2 cm³/mol. The number of hydrogen-bond donors (Lipinski definition) is 1. The van der Waals surface area contributed by atoms with Crippen LogP contribution in [0.3, 0.4) is 0 Å². The van der Waals surface area contributed by atoms with Crippen molar-refractivity contribution in [3.8, 4) is 6.07 Å². The van der Waals surface area contributed by atoms with E-state index in [0.717, 1.165) is 6.07 Å². The summed E-state index contributed by atoms with van der Waals surface area (Å²) in [5, 5.41) is 8.74. The molecule has 0 heterocycles. The molecule has 0 saturated carbocycles. The number of rotatable bonds is 4. The smallest absolute Gasteiger partial charge is 0.260 e. The summed E-state index contributed by atoms with van der Waals surface area (Å²) in [6.07, 6.45) is 0.176. The first-order valence-corrected chi connectivity index (χ1v) is 6.42. The number of nitriles is 1. The minimum atomic E-state index is -0.527. The molecule has 0 unspecified atom stereocenters. The van der Waals surface area contributed by atoms with Gasteiger partial charge in [-0.1, -0.05) is 18.2 Å². The molecular formula is C16H14FN3O. The molecule has 106 valence electrons. The Labute approximate surface area is 122 Å². The van der Waals surface area contributed by atoms with Crippen LogP contribution in [0.4, 0.5) is 15.8 Å². The molecule has 5 heteroatoms. The summed E-state index contributed by atoms with van der Waals surface area (Å²) in [6, 6.07) is 14.6. The van der Waals surface area contributed by atoms with Gasteiger partial charge in [0.25, 0.3) is 5.91 Å². The lowest BCUT2D eigenvalue weighted by molar-refractivity contribution is 0.0988. The first-order valence-electron chi connectivity index (χ1n) is 6.42. The molecular weight excluding hydrogens is 269 g/mol. The van der Waals surface area contributed by atoms with Gasteiger partial charge in [-0.15, -0.1) is 0 Å². The van der Waals surface area contributed by atoms with Crippen LogP contribution in [0.5, 0.6) is 0 Å². The summed E-state index contributed by atoms with van der Waals surface area (Å²) in [6.45, 7) is 0.218. The van der Waals surface area contributed by atoms with Crippen molar-refractivity contribution in [2.45, 2.75) is 6.42 Å². The highest BCUT2D eigenvalue weighted by molar-refractivity contribution is 6.09. The minimum Gasteiger partial charge on any atom is -0.398 e. The van der Waals surface area contributed by atoms with Gasteiger partial charge in [0.1, 0.15) is 5.82 Å². The van der Waals surface area contributed by atoms with E-state index in [9.17, 15) is 9.18 Å². The molecule has 1 amide bonds. The van der Waals surface area contributed by atoms with Gasteiger partial charge in [0.2, 0.25) is 0 Å². The van der Waals surface area contributed by atoms with Gasteiger partial charge in [0.05, 0.1) is 18.1 Å². The van der Waals surface area contributed by atoms with Crippen LogP contribution in [0.25, 0.3) is 0 Å². The summed E-state index contributed by atoms with van der Waals surface area (Å²) >= 11 is 0. The zero-order chi connectivity index (χ0) is 15.2. The van der Waals surface area contributed by atoms with Crippen LogP contribution in [-0.2, 0) is 0 Å². The molecule has 0 aliphatic heterocycles. The van der Waals surface area contributed by atoms with E-state index in [-0.39, 0.29) is 24.2 Å². The van der Waals surface area contributed by atoms with Crippen molar-refractivity contribution in [1.82, 2.24) is 0 Å². The van der Waals surface area contributed by atoms with Crippen molar-refractivity contribution >= 4 is 17.3 Å². The van der Waals surface area contributed by atoms with Crippen LogP contribution in [0.15, 0.2) is 48.5 Å². The second-order valence-electron chi connectivity index (χ2n) is 4.43. The van der Waals surface area contributed by atoms with Crippen LogP contribution in [0.1, 0.15) is 16.8 Å². The Kier molecular flexibility index (Phi) is 4.52. The lowest BCUT2D eigenvalue weighted by Gasteiger charge is -2.22. The van der Waals surface area contributed by atoms with Crippen molar-refractivity contribution < 1.29 is 9.18 Å². The summed E-state index contributed by atoms with van der Waals surface area (Å²) in [5.74, 6) is -0.950. The second kappa shape index (κ2) is 6.53. The third-order valence-electron chi connectivity index (χ3n) is 3.01. The Balaban J connectivity index is 2.39. The lowest BCUT2D eigenvalue weighted by Crippen LogP contribution is -2.32. The number of nitrogen functional groups attached to an aromatic ring is 1. The number of nitrogens with zero attached hydrogens (tertiary/aromatic N) is 2. The summed E-state index contributed by atoms with van der Waals surface area (Å²) < 4.78 is 13.3. The van der Waals surface area contributed by atoms with Crippen molar-refractivity contribution in [3.05, 3.63) is 59.9 Å². The largest absolute Gasteiger partial charge is 0.398 e. The van der Waals surface area contributed by atoms with Crippen molar-refractivity contribution in [1.29, 1.82) is 5.26 Å². The molecule has 0 fully saturated rings. The zero-order valence-electron chi connectivity index (χ0n) is 11.3. The number of carbonyl (C=O) groups excluding carboxylic acids is 1. The van der Waals surface area contributed by atoms with Crippen molar-refractivity contribution in [2.24, 2.45) is 0 Å². The molecule has 0 saturated heterocycles. The van der Waals surface area contributed by atoms with Crippen molar-refractivity contribution in [3.63, 3.8) is 0 Å². The Hall–Kier alpha value is -2.87. The highest BCUT2D eigenvalue weighted by Gasteiger charge is 2.20. The van der Waals surface area contributed by atoms with Gasteiger partial charge < -0.3 is 10.6 Å². The second-order valence-corrected chi connectivity index (χ2v) is 4.43. The lowest BCUT2D eigenvalue weighted by atomic mass is 10.1. The Morgan fingerprint density at radius 2 is 1.95 bits per heavy atom. The van der Waals surface area contributed by atoms with E-state index >= 15 is 0 Å². The molecule has 0 aliphatic carbocycles. The van der Waals surface area contributed by atoms with Crippen LogP contribution < -0.4 is 10.6 Å². The number of hydrogen-bond acceptors (Lipinski definition) is 3.